The summed E-state index contributed by atoms with van der Waals surface area (Å²) in [7, 11) is 0. The monoisotopic (exact) mass is 169 g/mol. The Bertz CT molecular complexity index is 357. The molecule has 12 heavy (non-hydrogen) atoms. The SMILES string of the molecule is NNC(=O)c1cc(=O)c(O)c[nH]1. The normalized spacial score (nSPS) is 9.42. The largest absolute Gasteiger partial charge is 0.503 e. The lowest BCUT2D eigenvalue weighted by molar-refractivity contribution is 0.0948. The number of aromatic nitrogens is 1. The second-order valence-corrected chi connectivity index (χ2v) is 2.07. The summed E-state index contributed by atoms with van der Waals surface area (Å²) < 4.78 is 0. The highest BCUT2D eigenvalue weighted by atomic mass is 16.3. The first-order valence-electron chi connectivity index (χ1n) is 3.08. The fourth-order valence-electron chi connectivity index (χ4n) is 0.673. The van der Waals surface area contributed by atoms with Crippen LogP contribution in [0.15, 0.2) is 17.1 Å². The highest BCUT2D eigenvalue weighted by Gasteiger charge is 2.05. The molecule has 5 N–H and O–H groups in total. The molecule has 1 aromatic heterocycles. The third-order valence-electron chi connectivity index (χ3n) is 1.27. The van der Waals surface area contributed by atoms with Crippen LogP contribution in [0, 0.1) is 0 Å². The average Bonchev–Trinajstić information content (AvgIpc) is 2.08. The molecule has 0 saturated carbocycles. The number of amides is 1. The van der Waals surface area contributed by atoms with Gasteiger partial charge in [-0.1, -0.05) is 0 Å². The van der Waals surface area contributed by atoms with E-state index in [9.17, 15) is 9.59 Å². The minimum Gasteiger partial charge on any atom is -0.503 e. The number of hydrazine groups is 1. The van der Waals surface area contributed by atoms with Crippen molar-refractivity contribution in [1.82, 2.24) is 10.4 Å². The first-order valence-corrected chi connectivity index (χ1v) is 3.08. The Hall–Kier alpha value is -1.82. The van der Waals surface area contributed by atoms with Crippen LogP contribution in [-0.2, 0) is 0 Å². The van der Waals surface area contributed by atoms with Crippen molar-refractivity contribution in [3.63, 3.8) is 0 Å². The molecule has 1 aromatic rings. The van der Waals surface area contributed by atoms with Gasteiger partial charge in [0.1, 0.15) is 5.69 Å². The molecule has 0 atom stereocenters. The number of hydrogen-bond donors (Lipinski definition) is 4. The smallest absolute Gasteiger partial charge is 0.281 e. The molecule has 0 aliphatic heterocycles. The number of aromatic amines is 1. The predicted molar refractivity (Wildman–Crippen MR) is 40.4 cm³/mol. The van der Waals surface area contributed by atoms with E-state index in [0.717, 1.165) is 12.3 Å². The van der Waals surface area contributed by atoms with Crippen LogP contribution in [0.3, 0.4) is 0 Å². The molecule has 0 radical (unpaired) electrons. The second-order valence-electron chi connectivity index (χ2n) is 2.07. The predicted octanol–water partition coefficient (Wildman–Crippen LogP) is -1.32. The van der Waals surface area contributed by atoms with Gasteiger partial charge in [-0.05, 0) is 0 Å². The quantitative estimate of drug-likeness (QED) is 0.237. The Morgan fingerprint density at radius 1 is 1.67 bits per heavy atom. The summed E-state index contributed by atoms with van der Waals surface area (Å²) in [6.07, 6.45) is 1.02. The molecule has 1 amide bonds. The third kappa shape index (κ3) is 1.43. The van der Waals surface area contributed by atoms with Crippen molar-refractivity contribution in [2.75, 3.05) is 0 Å². The van der Waals surface area contributed by atoms with Crippen molar-refractivity contribution in [3.8, 4) is 5.75 Å². The van der Waals surface area contributed by atoms with Crippen LogP contribution in [0.1, 0.15) is 10.5 Å². The summed E-state index contributed by atoms with van der Waals surface area (Å²) in [6.45, 7) is 0. The molecule has 1 rings (SSSR count). The molecule has 0 fully saturated rings. The van der Waals surface area contributed by atoms with Crippen LogP contribution in [0.2, 0.25) is 0 Å². The molecule has 0 saturated heterocycles. The van der Waals surface area contributed by atoms with Gasteiger partial charge >= 0.3 is 0 Å². The van der Waals surface area contributed by atoms with Crippen LogP contribution in [-0.4, -0.2) is 16.0 Å². The number of H-pyrrole nitrogens is 1. The topological polar surface area (TPSA) is 108 Å². The maximum atomic E-state index is 10.8. The van der Waals surface area contributed by atoms with Gasteiger partial charge in [-0.15, -0.1) is 0 Å². The maximum absolute atomic E-state index is 10.8. The standard InChI is InChI=1S/C6H7N3O3/c7-9-6(12)3-1-4(10)5(11)2-8-3/h1-2,11H,7H2,(H,8,10)(H,9,12). The molecule has 0 aliphatic rings. The summed E-state index contributed by atoms with van der Waals surface area (Å²) in [5.41, 5.74) is 1.21. The van der Waals surface area contributed by atoms with E-state index in [2.05, 4.69) is 4.98 Å². The van der Waals surface area contributed by atoms with Gasteiger partial charge in [-0.2, -0.15) is 0 Å². The van der Waals surface area contributed by atoms with E-state index >= 15 is 0 Å². The Kier molecular flexibility index (Phi) is 2.11. The minimum absolute atomic E-state index is 0.000278. The van der Waals surface area contributed by atoms with E-state index in [1.54, 1.807) is 0 Å². The van der Waals surface area contributed by atoms with E-state index < -0.39 is 17.1 Å². The number of hydrogen-bond acceptors (Lipinski definition) is 4. The summed E-state index contributed by atoms with van der Waals surface area (Å²) in [4.78, 5) is 23.9. The molecule has 6 nitrogen and oxygen atoms in total. The number of nitrogens with one attached hydrogen (secondary N) is 2. The number of nitrogens with two attached hydrogens (primary N) is 1. The van der Waals surface area contributed by atoms with E-state index in [1.165, 1.54) is 0 Å². The molecule has 0 aliphatic carbocycles. The van der Waals surface area contributed by atoms with Crippen molar-refractivity contribution in [3.05, 3.63) is 28.2 Å². The zero-order chi connectivity index (χ0) is 9.14. The average molecular weight is 169 g/mol. The van der Waals surface area contributed by atoms with E-state index in [1.807, 2.05) is 5.43 Å². The molecule has 0 spiro atoms. The fourth-order valence-corrected chi connectivity index (χ4v) is 0.673. The number of pyridine rings is 1. The lowest BCUT2D eigenvalue weighted by Gasteiger charge is -1.98. The molecule has 0 bridgehead atoms. The molecular weight excluding hydrogens is 162 g/mol. The molecule has 0 unspecified atom stereocenters. The number of carbonyl (C=O) groups is 1. The fraction of sp³-hybridized carbons (Fsp3) is 0. The van der Waals surface area contributed by atoms with Crippen LogP contribution in [0.25, 0.3) is 0 Å². The van der Waals surface area contributed by atoms with Crippen LogP contribution >= 0.6 is 0 Å². The number of aromatic hydroxyl groups is 1. The highest BCUT2D eigenvalue weighted by Crippen LogP contribution is 1.97. The van der Waals surface area contributed by atoms with Gasteiger partial charge < -0.3 is 10.1 Å². The lowest BCUT2D eigenvalue weighted by atomic mass is 10.3. The molecule has 1 heterocycles. The minimum atomic E-state index is -0.632. The number of rotatable bonds is 1. The van der Waals surface area contributed by atoms with Crippen molar-refractivity contribution in [2.24, 2.45) is 5.84 Å². The first-order chi connectivity index (χ1) is 5.65. The molecule has 0 aromatic carbocycles. The Morgan fingerprint density at radius 3 is 2.83 bits per heavy atom. The zero-order valence-corrected chi connectivity index (χ0v) is 6.00. The van der Waals surface area contributed by atoms with Crippen LogP contribution in [0.4, 0.5) is 0 Å². The second kappa shape index (κ2) is 3.05. The first kappa shape index (κ1) is 8.28. The number of nitrogen functional groups attached to an aromatic ring is 1. The summed E-state index contributed by atoms with van der Waals surface area (Å²) in [5.74, 6) is 3.75. The van der Waals surface area contributed by atoms with E-state index in [-0.39, 0.29) is 5.69 Å². The molecule has 64 valence electrons. The van der Waals surface area contributed by atoms with Crippen LogP contribution in [0.5, 0.6) is 5.75 Å². The van der Waals surface area contributed by atoms with Crippen LogP contribution < -0.4 is 16.7 Å². The third-order valence-corrected chi connectivity index (χ3v) is 1.27. The van der Waals surface area contributed by atoms with Crippen molar-refractivity contribution >= 4 is 5.91 Å². The van der Waals surface area contributed by atoms with Gasteiger partial charge in [-0.3, -0.25) is 15.0 Å². The van der Waals surface area contributed by atoms with Gasteiger partial charge in [0.15, 0.2) is 5.75 Å². The van der Waals surface area contributed by atoms with Gasteiger partial charge in [0, 0.05) is 12.3 Å². The van der Waals surface area contributed by atoms with E-state index in [0.29, 0.717) is 0 Å². The van der Waals surface area contributed by atoms with Gasteiger partial charge in [0.25, 0.3) is 5.91 Å². The maximum Gasteiger partial charge on any atom is 0.281 e. The zero-order valence-electron chi connectivity index (χ0n) is 6.00. The van der Waals surface area contributed by atoms with Crippen molar-refractivity contribution in [1.29, 1.82) is 0 Å². The Balaban J connectivity index is 3.13. The summed E-state index contributed by atoms with van der Waals surface area (Å²) in [6, 6.07) is 0.956. The summed E-state index contributed by atoms with van der Waals surface area (Å²) in [5, 5.41) is 8.79. The van der Waals surface area contributed by atoms with Gasteiger partial charge in [0.05, 0.1) is 0 Å². The summed E-state index contributed by atoms with van der Waals surface area (Å²) >= 11 is 0. The molecular formula is C6H7N3O3. The van der Waals surface area contributed by atoms with Crippen molar-refractivity contribution in [2.45, 2.75) is 0 Å². The van der Waals surface area contributed by atoms with E-state index in [4.69, 9.17) is 10.9 Å². The number of carbonyl (C=O) groups excluding carboxylic acids is 1. The Morgan fingerprint density at radius 2 is 2.33 bits per heavy atom. The van der Waals surface area contributed by atoms with Crippen molar-refractivity contribution < 1.29 is 9.90 Å². The molecule has 6 heteroatoms. The van der Waals surface area contributed by atoms with Gasteiger partial charge in [-0.25, -0.2) is 5.84 Å². The highest BCUT2D eigenvalue weighted by molar-refractivity contribution is 5.91. The van der Waals surface area contributed by atoms with Gasteiger partial charge in [0.2, 0.25) is 5.43 Å². The lowest BCUT2D eigenvalue weighted by Crippen LogP contribution is -2.31. The Labute approximate surface area is 67.0 Å².